The summed E-state index contributed by atoms with van der Waals surface area (Å²) >= 11 is 0. The molecule has 1 heterocycles. The van der Waals surface area contributed by atoms with Gasteiger partial charge in [0.25, 0.3) is 5.91 Å². The lowest BCUT2D eigenvalue weighted by Gasteiger charge is -2.43. The van der Waals surface area contributed by atoms with E-state index in [0.717, 1.165) is 22.4 Å². The number of hydrogen-bond donors (Lipinski definition) is 2. The fraction of sp³-hybridized carbons (Fsp3) is 0.615. The van der Waals surface area contributed by atoms with Gasteiger partial charge in [-0.15, -0.1) is 0 Å². The lowest BCUT2D eigenvalue weighted by atomic mass is 9.64. The molecule has 0 aromatic heterocycles. The van der Waals surface area contributed by atoms with Crippen LogP contribution >= 0.6 is 0 Å². The molecule has 0 bridgehead atoms. The zero-order valence-electron chi connectivity index (χ0n) is 21.1. The lowest BCUT2D eigenvalue weighted by molar-refractivity contribution is -0.148. The van der Waals surface area contributed by atoms with E-state index in [0.29, 0.717) is 12.8 Å². The van der Waals surface area contributed by atoms with Crippen LogP contribution in [0.5, 0.6) is 0 Å². The fourth-order valence-electron chi connectivity index (χ4n) is 5.56. The van der Waals surface area contributed by atoms with Crippen molar-refractivity contribution in [2.75, 3.05) is 6.54 Å². The maximum atomic E-state index is 13.3. The van der Waals surface area contributed by atoms with Crippen molar-refractivity contribution in [1.29, 1.82) is 0 Å². The number of nitrogens with one attached hydrogen (secondary N) is 2. The van der Waals surface area contributed by atoms with Gasteiger partial charge in [-0.25, -0.2) is 4.79 Å². The number of aryl methyl sites for hydroxylation is 1. The Bertz CT molecular complexity index is 956. The number of ether oxygens (including phenoxy) is 1. The molecule has 34 heavy (non-hydrogen) atoms. The highest BCUT2D eigenvalue weighted by molar-refractivity contribution is 6.09. The quantitative estimate of drug-likeness (QED) is 0.467. The molecule has 1 aromatic rings. The molecule has 8 nitrogen and oxygen atoms in total. The van der Waals surface area contributed by atoms with Gasteiger partial charge < -0.3 is 15.4 Å². The third kappa shape index (κ3) is 5.96. The molecule has 186 valence electrons. The molecule has 1 spiro atoms. The highest BCUT2D eigenvalue weighted by Gasteiger charge is 2.56. The Kier molecular flexibility index (Phi) is 7.38. The van der Waals surface area contributed by atoms with Crippen LogP contribution in [0.4, 0.5) is 4.79 Å². The summed E-state index contributed by atoms with van der Waals surface area (Å²) in [5.41, 5.74) is 0.742. The number of benzene rings is 1. The summed E-state index contributed by atoms with van der Waals surface area (Å²) < 4.78 is 5.26. The van der Waals surface area contributed by atoms with Crippen molar-refractivity contribution < 1.29 is 23.9 Å². The molecule has 0 radical (unpaired) electrons. The standard InChI is InChI=1S/C26H37N3O5/c1-16(2)34-22(31)11-20(19-9-7-17(3)8-10-19)27-21(30)14-29-23(32)26(28-24(29)33)13-18(4)12-25(5,6)15-26/h7-10,16,18,20H,11-15H2,1-6H3,(H,27,30)(H,28,33). The third-order valence-corrected chi connectivity index (χ3v) is 6.48. The van der Waals surface area contributed by atoms with Crippen LogP contribution in [0.15, 0.2) is 24.3 Å². The van der Waals surface area contributed by atoms with Crippen LogP contribution in [0.1, 0.15) is 77.5 Å². The van der Waals surface area contributed by atoms with Crippen LogP contribution < -0.4 is 10.6 Å². The number of esters is 1. The van der Waals surface area contributed by atoms with Crippen molar-refractivity contribution in [3.8, 4) is 0 Å². The Hall–Kier alpha value is -2.90. The van der Waals surface area contributed by atoms with Gasteiger partial charge in [0.05, 0.1) is 18.6 Å². The average molecular weight is 472 g/mol. The predicted octanol–water partition coefficient (Wildman–Crippen LogP) is 3.63. The number of carbonyl (C=O) groups excluding carboxylic acids is 4. The van der Waals surface area contributed by atoms with Crippen molar-refractivity contribution in [1.82, 2.24) is 15.5 Å². The maximum absolute atomic E-state index is 13.3. The Labute approximate surface area is 201 Å². The molecule has 4 amide bonds. The highest BCUT2D eigenvalue weighted by atomic mass is 16.5. The molecule has 3 rings (SSSR count). The molecule has 1 aliphatic heterocycles. The minimum absolute atomic E-state index is 0.0528. The summed E-state index contributed by atoms with van der Waals surface area (Å²) in [6.45, 7) is 11.4. The second-order valence-electron chi connectivity index (χ2n) is 11.0. The number of urea groups is 1. The minimum atomic E-state index is -0.962. The third-order valence-electron chi connectivity index (χ3n) is 6.48. The van der Waals surface area contributed by atoms with E-state index in [1.54, 1.807) is 13.8 Å². The van der Waals surface area contributed by atoms with E-state index in [4.69, 9.17) is 4.74 Å². The Morgan fingerprint density at radius 2 is 1.82 bits per heavy atom. The minimum Gasteiger partial charge on any atom is -0.463 e. The van der Waals surface area contributed by atoms with Gasteiger partial charge in [0, 0.05) is 0 Å². The molecule has 3 unspecified atom stereocenters. The van der Waals surface area contributed by atoms with Crippen LogP contribution in [0.3, 0.4) is 0 Å². The van der Waals surface area contributed by atoms with E-state index in [-0.39, 0.29) is 29.8 Å². The first-order chi connectivity index (χ1) is 15.8. The summed E-state index contributed by atoms with van der Waals surface area (Å²) in [6.07, 6.45) is 1.75. The molecule has 2 fully saturated rings. The maximum Gasteiger partial charge on any atom is 0.325 e. The number of hydrogen-bond acceptors (Lipinski definition) is 5. The zero-order chi connectivity index (χ0) is 25.3. The van der Waals surface area contributed by atoms with Gasteiger partial charge in [0.2, 0.25) is 5.91 Å². The molecule has 2 N–H and O–H groups in total. The first-order valence-electron chi connectivity index (χ1n) is 12.0. The van der Waals surface area contributed by atoms with Gasteiger partial charge in [-0.3, -0.25) is 19.3 Å². The Morgan fingerprint density at radius 1 is 1.18 bits per heavy atom. The SMILES string of the molecule is Cc1ccc(C(CC(=O)OC(C)C)NC(=O)CN2C(=O)NC3(CC(C)CC(C)(C)C3)C2=O)cc1. The highest BCUT2D eigenvalue weighted by Crippen LogP contribution is 2.46. The van der Waals surface area contributed by atoms with E-state index in [9.17, 15) is 19.2 Å². The van der Waals surface area contributed by atoms with Gasteiger partial charge in [-0.2, -0.15) is 0 Å². The monoisotopic (exact) mass is 471 g/mol. The molecule has 1 aromatic carbocycles. The number of carbonyl (C=O) groups is 4. The second-order valence-corrected chi connectivity index (χ2v) is 11.0. The molecule has 1 saturated carbocycles. The van der Waals surface area contributed by atoms with Crippen LogP contribution in [-0.4, -0.2) is 46.9 Å². The summed E-state index contributed by atoms with van der Waals surface area (Å²) in [6, 6.07) is 6.30. The number of rotatable bonds is 7. The van der Waals surface area contributed by atoms with Crippen molar-refractivity contribution in [3.05, 3.63) is 35.4 Å². The van der Waals surface area contributed by atoms with Gasteiger partial charge in [-0.1, -0.05) is 50.6 Å². The van der Waals surface area contributed by atoms with Gasteiger partial charge in [0.1, 0.15) is 12.1 Å². The van der Waals surface area contributed by atoms with Crippen molar-refractivity contribution in [3.63, 3.8) is 0 Å². The van der Waals surface area contributed by atoms with E-state index in [1.165, 1.54) is 0 Å². The average Bonchev–Trinajstić information content (AvgIpc) is 2.89. The van der Waals surface area contributed by atoms with E-state index in [2.05, 4.69) is 31.4 Å². The molecular weight excluding hydrogens is 434 g/mol. The largest absolute Gasteiger partial charge is 0.463 e. The van der Waals surface area contributed by atoms with Gasteiger partial charge >= 0.3 is 12.0 Å². The Balaban J connectivity index is 1.73. The molecule has 3 atom stereocenters. The topological polar surface area (TPSA) is 105 Å². The van der Waals surface area contributed by atoms with E-state index >= 15 is 0 Å². The Morgan fingerprint density at radius 3 is 2.41 bits per heavy atom. The zero-order valence-corrected chi connectivity index (χ0v) is 21.1. The molecular formula is C26H37N3O5. The number of amides is 4. The van der Waals surface area contributed by atoms with Crippen molar-refractivity contribution in [2.45, 2.75) is 84.9 Å². The predicted molar refractivity (Wildman–Crippen MR) is 128 cm³/mol. The summed E-state index contributed by atoms with van der Waals surface area (Å²) in [5.74, 6) is -1.02. The molecule has 1 saturated heterocycles. The number of nitrogens with zero attached hydrogens (tertiary/aromatic N) is 1. The smallest absolute Gasteiger partial charge is 0.325 e. The normalized spacial score (nSPS) is 24.8. The van der Waals surface area contributed by atoms with Crippen LogP contribution in [-0.2, 0) is 19.1 Å². The molecule has 1 aliphatic carbocycles. The van der Waals surface area contributed by atoms with Crippen molar-refractivity contribution in [2.24, 2.45) is 11.3 Å². The first kappa shape index (κ1) is 25.7. The lowest BCUT2D eigenvalue weighted by Crippen LogP contribution is -2.54. The summed E-state index contributed by atoms with van der Waals surface area (Å²) in [5, 5.41) is 5.72. The van der Waals surface area contributed by atoms with Crippen molar-refractivity contribution >= 4 is 23.8 Å². The first-order valence-corrected chi connectivity index (χ1v) is 12.0. The second kappa shape index (κ2) is 9.76. The summed E-state index contributed by atoms with van der Waals surface area (Å²) in [4.78, 5) is 52.4. The van der Waals surface area contributed by atoms with Gasteiger partial charge in [-0.05, 0) is 56.9 Å². The molecule has 2 aliphatic rings. The van der Waals surface area contributed by atoms with Gasteiger partial charge in [0.15, 0.2) is 0 Å². The summed E-state index contributed by atoms with van der Waals surface area (Å²) in [7, 11) is 0. The fourth-order valence-corrected chi connectivity index (χ4v) is 5.56. The van der Waals surface area contributed by atoms with Crippen LogP contribution in [0.2, 0.25) is 0 Å². The molecule has 8 heteroatoms. The van der Waals surface area contributed by atoms with Crippen LogP contribution in [0.25, 0.3) is 0 Å². The number of imide groups is 1. The van der Waals surface area contributed by atoms with E-state index in [1.807, 2.05) is 31.2 Å². The van der Waals surface area contributed by atoms with E-state index < -0.39 is 36.0 Å². The van der Waals surface area contributed by atoms with Crippen LogP contribution in [0, 0.1) is 18.3 Å².